The first kappa shape index (κ1) is 27.4. The van der Waals surface area contributed by atoms with Crippen LogP contribution in [0.2, 0.25) is 0 Å². The molecule has 0 aliphatic carbocycles. The molecule has 0 saturated carbocycles. The van der Waals surface area contributed by atoms with Crippen molar-refractivity contribution in [3.05, 3.63) is 34.9 Å². The summed E-state index contributed by atoms with van der Waals surface area (Å²) in [5, 5.41) is 30.1. The van der Waals surface area contributed by atoms with E-state index < -0.39 is 24.2 Å². The number of aliphatic hydroxyl groups is 1. The van der Waals surface area contributed by atoms with Gasteiger partial charge >= 0.3 is 11.9 Å². The number of hydrogen-bond donors (Lipinski definition) is 4. The smallest absolute Gasteiger partial charge is 0.321 e. The minimum absolute atomic E-state index is 0.0237. The summed E-state index contributed by atoms with van der Waals surface area (Å²) in [6.45, 7) is 8.47. The van der Waals surface area contributed by atoms with Crippen LogP contribution < -0.4 is 5.32 Å². The number of allylic oxidation sites excluding steroid dienone is 5. The Balaban J connectivity index is 4.18. The molecule has 6 nitrogen and oxygen atoms in total. The predicted molar refractivity (Wildman–Crippen MR) is 120 cm³/mol. The first-order valence-electron chi connectivity index (χ1n) is 10.0. The average molecular weight is 428 g/mol. The molecule has 0 aromatic heterocycles. The molecular formula is C22H37NO5S. The van der Waals surface area contributed by atoms with Crippen molar-refractivity contribution >= 4 is 23.7 Å². The van der Waals surface area contributed by atoms with Crippen molar-refractivity contribution < 1.29 is 24.9 Å². The molecule has 0 aliphatic heterocycles. The van der Waals surface area contributed by atoms with E-state index in [0.29, 0.717) is 11.5 Å². The van der Waals surface area contributed by atoms with Crippen molar-refractivity contribution in [2.45, 2.75) is 78.5 Å². The second-order valence-electron chi connectivity index (χ2n) is 7.50. The van der Waals surface area contributed by atoms with E-state index in [2.05, 4.69) is 51.2 Å². The van der Waals surface area contributed by atoms with E-state index >= 15 is 0 Å². The lowest BCUT2D eigenvalue weighted by Crippen LogP contribution is -2.45. The van der Waals surface area contributed by atoms with Crippen LogP contribution in [-0.4, -0.2) is 51.0 Å². The molecule has 4 N–H and O–H groups in total. The minimum Gasteiger partial charge on any atom is -0.481 e. The molecule has 0 saturated heterocycles. The van der Waals surface area contributed by atoms with Crippen LogP contribution in [0.15, 0.2) is 34.9 Å². The van der Waals surface area contributed by atoms with Crippen LogP contribution in [0.25, 0.3) is 0 Å². The van der Waals surface area contributed by atoms with Gasteiger partial charge < -0.3 is 15.3 Å². The fourth-order valence-electron chi connectivity index (χ4n) is 2.49. The van der Waals surface area contributed by atoms with Gasteiger partial charge in [-0.2, -0.15) is 11.8 Å². The Morgan fingerprint density at radius 1 is 0.931 bits per heavy atom. The van der Waals surface area contributed by atoms with Gasteiger partial charge in [0, 0.05) is 17.9 Å². The lowest BCUT2D eigenvalue weighted by Gasteiger charge is -2.18. The van der Waals surface area contributed by atoms with Crippen molar-refractivity contribution in [2.24, 2.45) is 0 Å². The third kappa shape index (κ3) is 17.0. The summed E-state index contributed by atoms with van der Waals surface area (Å²) in [7, 11) is 0. The number of hydrogen-bond acceptors (Lipinski definition) is 5. The van der Waals surface area contributed by atoms with Crippen LogP contribution in [0.1, 0.15) is 66.2 Å². The Kier molecular flexibility index (Phi) is 15.4. The number of carboxylic acid groups (broad SMARTS) is 2. The van der Waals surface area contributed by atoms with Gasteiger partial charge in [-0.25, -0.2) is 0 Å². The molecule has 0 rings (SSSR count). The summed E-state index contributed by atoms with van der Waals surface area (Å²) < 4.78 is 0. The third-order valence-electron chi connectivity index (χ3n) is 4.28. The zero-order valence-corrected chi connectivity index (χ0v) is 18.9. The van der Waals surface area contributed by atoms with Crippen LogP contribution in [0.3, 0.4) is 0 Å². The Morgan fingerprint density at radius 2 is 1.52 bits per heavy atom. The quantitative estimate of drug-likeness (QED) is 0.165. The highest BCUT2D eigenvalue weighted by atomic mass is 32.2. The molecule has 0 aromatic rings. The lowest BCUT2D eigenvalue weighted by molar-refractivity contribution is -0.139. The van der Waals surface area contributed by atoms with Gasteiger partial charge in [0.2, 0.25) is 0 Å². The molecule has 7 heteroatoms. The van der Waals surface area contributed by atoms with E-state index in [1.165, 1.54) is 28.5 Å². The molecule has 166 valence electrons. The molecule has 0 fully saturated rings. The number of rotatable bonds is 16. The molecule has 29 heavy (non-hydrogen) atoms. The van der Waals surface area contributed by atoms with Gasteiger partial charge in [-0.15, -0.1) is 0 Å². The fraction of sp³-hybridized carbons (Fsp3) is 0.636. The number of carboxylic acids is 2. The summed E-state index contributed by atoms with van der Waals surface area (Å²) in [5.41, 5.74) is 4.03. The molecule has 1 unspecified atom stereocenters. The van der Waals surface area contributed by atoms with Crippen LogP contribution in [-0.2, 0) is 9.59 Å². The molecule has 0 aliphatic rings. The average Bonchev–Trinajstić information content (AvgIpc) is 2.61. The zero-order valence-electron chi connectivity index (χ0n) is 18.1. The van der Waals surface area contributed by atoms with E-state index in [1.54, 1.807) is 0 Å². The molecule has 0 heterocycles. The van der Waals surface area contributed by atoms with Gasteiger partial charge in [0.15, 0.2) is 0 Å². The second-order valence-corrected chi connectivity index (χ2v) is 8.58. The van der Waals surface area contributed by atoms with Gasteiger partial charge in [-0.1, -0.05) is 34.9 Å². The fourth-order valence-corrected chi connectivity index (χ4v) is 3.51. The number of nitrogens with one attached hydrogen (secondary N) is 1. The van der Waals surface area contributed by atoms with Gasteiger partial charge in [0.25, 0.3) is 0 Å². The normalized spacial score (nSPS) is 14.4. The van der Waals surface area contributed by atoms with Crippen LogP contribution in [0.5, 0.6) is 0 Å². The molecule has 0 radical (unpaired) electrons. The van der Waals surface area contributed by atoms with E-state index in [4.69, 9.17) is 5.11 Å². The van der Waals surface area contributed by atoms with Gasteiger partial charge in [-0.3, -0.25) is 14.9 Å². The highest BCUT2D eigenvalue weighted by Crippen LogP contribution is 2.13. The highest BCUT2D eigenvalue weighted by molar-refractivity contribution is 7.99. The van der Waals surface area contributed by atoms with Crippen LogP contribution in [0, 0.1) is 0 Å². The highest BCUT2D eigenvalue weighted by Gasteiger charge is 2.20. The molecule has 0 spiro atoms. The Hall–Kier alpha value is -1.57. The zero-order chi connectivity index (χ0) is 22.2. The van der Waals surface area contributed by atoms with Crippen molar-refractivity contribution in [2.75, 3.05) is 11.5 Å². The maximum atomic E-state index is 11.3. The Labute approximate surface area is 179 Å². The standard InChI is InChI=1S/C22H37NO5S/c1-16(2)7-5-8-17(3)9-6-10-18(4)13-14-29-15-19(22(27)28)23-20(24)11-12-21(25)26/h7,9,13,19-20,23-24H,5-6,8,10-12,14-15H2,1-4H3,(H,25,26)(H,27,28)/b17-9+,18-13+/t19-,20?/m0/s1. The first-order valence-corrected chi connectivity index (χ1v) is 11.2. The molecule has 0 amide bonds. The number of aliphatic hydroxyl groups excluding tert-OH is 1. The number of thioether (sulfide) groups is 1. The van der Waals surface area contributed by atoms with E-state index in [0.717, 1.165) is 25.7 Å². The van der Waals surface area contributed by atoms with E-state index in [-0.39, 0.29) is 12.8 Å². The van der Waals surface area contributed by atoms with Crippen molar-refractivity contribution in [1.29, 1.82) is 0 Å². The lowest BCUT2D eigenvalue weighted by atomic mass is 10.1. The largest absolute Gasteiger partial charge is 0.481 e. The molecule has 0 bridgehead atoms. The number of carbonyl (C=O) groups is 2. The predicted octanol–water partition coefficient (Wildman–Crippen LogP) is 4.36. The third-order valence-corrected chi connectivity index (χ3v) is 5.25. The summed E-state index contributed by atoms with van der Waals surface area (Å²) in [6, 6.07) is -0.913. The van der Waals surface area contributed by atoms with Crippen molar-refractivity contribution in [1.82, 2.24) is 5.32 Å². The van der Waals surface area contributed by atoms with Crippen molar-refractivity contribution in [3.8, 4) is 0 Å². The number of aliphatic carboxylic acids is 2. The topological polar surface area (TPSA) is 107 Å². The van der Waals surface area contributed by atoms with Crippen LogP contribution >= 0.6 is 11.8 Å². The van der Waals surface area contributed by atoms with E-state index in [9.17, 15) is 19.8 Å². The van der Waals surface area contributed by atoms with Gasteiger partial charge in [0.05, 0.1) is 0 Å². The molecule has 2 atom stereocenters. The summed E-state index contributed by atoms with van der Waals surface area (Å²) >= 11 is 1.47. The van der Waals surface area contributed by atoms with Gasteiger partial charge in [0.1, 0.15) is 12.3 Å². The second kappa shape index (κ2) is 16.3. The Bertz CT molecular complexity index is 594. The molecule has 0 aromatic carbocycles. The van der Waals surface area contributed by atoms with Crippen molar-refractivity contribution in [3.63, 3.8) is 0 Å². The first-order chi connectivity index (χ1) is 13.6. The maximum absolute atomic E-state index is 11.3. The van der Waals surface area contributed by atoms with E-state index in [1.807, 2.05) is 0 Å². The van der Waals surface area contributed by atoms with Gasteiger partial charge in [-0.05, 0) is 59.8 Å². The minimum atomic E-state index is -1.14. The SMILES string of the molecule is CC(C)=CCC/C(C)=C/CC/C(C)=C/CSC[C@H](NC(O)CCC(=O)O)C(=O)O. The molecular weight excluding hydrogens is 390 g/mol. The van der Waals surface area contributed by atoms with Crippen LogP contribution in [0.4, 0.5) is 0 Å². The Morgan fingerprint density at radius 3 is 2.07 bits per heavy atom. The monoisotopic (exact) mass is 427 g/mol. The summed E-state index contributed by atoms with van der Waals surface area (Å²) in [6.07, 6.45) is 9.43. The maximum Gasteiger partial charge on any atom is 0.321 e. The summed E-state index contributed by atoms with van der Waals surface area (Å²) in [5.74, 6) is -1.08. The summed E-state index contributed by atoms with van der Waals surface area (Å²) in [4.78, 5) is 21.8.